The van der Waals surface area contributed by atoms with Gasteiger partial charge >= 0.3 is 0 Å². The van der Waals surface area contributed by atoms with E-state index in [4.69, 9.17) is 11.6 Å². The molecule has 0 unspecified atom stereocenters. The molecule has 0 saturated carbocycles. The molecule has 0 fully saturated rings. The molecule has 0 aliphatic heterocycles. The first kappa shape index (κ1) is 20.7. The van der Waals surface area contributed by atoms with Crippen LogP contribution in [0.15, 0.2) is 72.9 Å². The van der Waals surface area contributed by atoms with Crippen molar-refractivity contribution >= 4 is 56.7 Å². The van der Waals surface area contributed by atoms with Crippen molar-refractivity contribution in [3.8, 4) is 0 Å². The van der Waals surface area contributed by atoms with Crippen LogP contribution in [0.2, 0.25) is 5.02 Å². The fraction of sp³-hybridized carbons (Fsp3) is 0.0435. The van der Waals surface area contributed by atoms with Crippen LogP contribution in [0.4, 0.5) is 5.69 Å². The van der Waals surface area contributed by atoms with Crippen LogP contribution in [0.1, 0.15) is 21.1 Å². The van der Waals surface area contributed by atoms with Gasteiger partial charge in [-0.2, -0.15) is 0 Å². The van der Waals surface area contributed by atoms with Crippen LogP contribution in [-0.4, -0.2) is 21.8 Å². The van der Waals surface area contributed by atoms with Gasteiger partial charge in [-0.1, -0.05) is 29.8 Å². The Labute approximate surface area is 187 Å². The smallest absolute Gasteiger partial charge is 0.253 e. The quantitative estimate of drug-likeness (QED) is 0.410. The maximum absolute atomic E-state index is 12.4. The number of nitrogens with zero attached hydrogens (tertiary/aromatic N) is 2. The molecule has 2 N–H and O–H groups in total. The van der Waals surface area contributed by atoms with Crippen LogP contribution in [-0.2, 0) is 11.3 Å². The number of hydrogen-bond acceptors (Lipinski definition) is 5. The molecular formula is C23H17ClN4O2S. The lowest BCUT2D eigenvalue weighted by Crippen LogP contribution is -2.23. The van der Waals surface area contributed by atoms with E-state index in [-0.39, 0.29) is 16.8 Å². The number of halogens is 1. The van der Waals surface area contributed by atoms with Crippen molar-refractivity contribution < 1.29 is 9.59 Å². The molecule has 4 aromatic rings. The summed E-state index contributed by atoms with van der Waals surface area (Å²) in [6.45, 7) is 0.297. The highest BCUT2D eigenvalue weighted by atomic mass is 35.5. The summed E-state index contributed by atoms with van der Waals surface area (Å²) in [6.07, 6.45) is 4.75. The van der Waals surface area contributed by atoms with Gasteiger partial charge in [0.1, 0.15) is 5.01 Å². The van der Waals surface area contributed by atoms with Gasteiger partial charge in [-0.3, -0.25) is 14.6 Å². The maximum Gasteiger partial charge on any atom is 0.253 e. The third kappa shape index (κ3) is 5.33. The average molecular weight is 449 g/mol. The average Bonchev–Trinajstić information content (AvgIpc) is 3.20. The van der Waals surface area contributed by atoms with Gasteiger partial charge in [-0.25, -0.2) is 4.98 Å². The first-order valence-electron chi connectivity index (χ1n) is 9.41. The highest BCUT2D eigenvalue weighted by molar-refractivity contribution is 7.19. The van der Waals surface area contributed by atoms with E-state index in [9.17, 15) is 9.59 Å². The Morgan fingerprint density at radius 3 is 2.68 bits per heavy atom. The number of benzene rings is 2. The summed E-state index contributed by atoms with van der Waals surface area (Å²) < 4.78 is 1.06. The Morgan fingerprint density at radius 2 is 1.90 bits per heavy atom. The zero-order valence-electron chi connectivity index (χ0n) is 16.2. The maximum atomic E-state index is 12.4. The monoisotopic (exact) mass is 448 g/mol. The topological polar surface area (TPSA) is 84.0 Å². The fourth-order valence-electron chi connectivity index (χ4n) is 2.84. The molecule has 0 saturated heterocycles. The largest absolute Gasteiger partial charge is 0.346 e. The van der Waals surface area contributed by atoms with Crippen LogP contribution in [0.25, 0.3) is 16.3 Å². The number of amides is 2. The zero-order valence-corrected chi connectivity index (χ0v) is 17.8. The lowest BCUT2D eigenvalue weighted by Gasteiger charge is -2.08. The fourth-order valence-corrected chi connectivity index (χ4v) is 3.97. The standard InChI is InChI=1S/C23H17ClN4O2S/c24-18-13-15(8-9-17(18)23(30)26-14-16-5-3-4-12-25-16)27-21(29)10-11-22-28-19-6-1-2-7-20(19)31-22/h1-13H,14H2,(H,26,30)(H,27,29). The molecule has 4 rings (SSSR count). The molecule has 0 spiro atoms. The molecule has 6 nitrogen and oxygen atoms in total. The molecule has 0 atom stereocenters. The Balaban J connectivity index is 1.37. The number of fused-ring (bicyclic) bond motifs is 1. The number of anilines is 1. The van der Waals surface area contributed by atoms with E-state index >= 15 is 0 Å². The third-order valence-corrected chi connectivity index (χ3v) is 5.64. The minimum atomic E-state index is -0.317. The second-order valence-electron chi connectivity index (χ2n) is 6.54. The van der Waals surface area contributed by atoms with Crippen LogP contribution in [0, 0.1) is 0 Å². The van der Waals surface area contributed by atoms with E-state index in [0.29, 0.717) is 17.8 Å². The van der Waals surface area contributed by atoms with E-state index in [2.05, 4.69) is 20.6 Å². The minimum Gasteiger partial charge on any atom is -0.346 e. The summed E-state index contributed by atoms with van der Waals surface area (Å²) in [5.74, 6) is -0.632. The molecule has 0 bridgehead atoms. The zero-order chi connectivity index (χ0) is 21.6. The second-order valence-corrected chi connectivity index (χ2v) is 8.01. The summed E-state index contributed by atoms with van der Waals surface area (Å²) in [4.78, 5) is 33.2. The molecule has 2 amide bonds. The summed E-state index contributed by atoms with van der Waals surface area (Å²) in [5, 5.41) is 6.50. The number of aromatic nitrogens is 2. The SMILES string of the molecule is O=C(C=Cc1nc2ccccc2s1)Nc1ccc(C(=O)NCc2ccccn2)c(Cl)c1. The number of nitrogens with one attached hydrogen (secondary N) is 2. The predicted molar refractivity (Wildman–Crippen MR) is 124 cm³/mol. The molecule has 31 heavy (non-hydrogen) atoms. The highest BCUT2D eigenvalue weighted by Gasteiger charge is 2.11. The molecule has 0 radical (unpaired) electrons. The number of carbonyl (C=O) groups is 2. The summed E-state index contributed by atoms with van der Waals surface area (Å²) in [5.41, 5.74) is 2.46. The molecule has 8 heteroatoms. The Kier molecular flexibility index (Phi) is 6.35. The first-order chi connectivity index (χ1) is 15.1. The van der Waals surface area contributed by atoms with Crippen LogP contribution < -0.4 is 10.6 Å². The summed E-state index contributed by atoms with van der Waals surface area (Å²) in [6, 6.07) is 18.0. The molecule has 2 aromatic carbocycles. The Hall–Kier alpha value is -3.55. The summed E-state index contributed by atoms with van der Waals surface area (Å²) >= 11 is 7.76. The second kappa shape index (κ2) is 9.51. The molecule has 2 heterocycles. The number of carbonyl (C=O) groups excluding carboxylic acids is 2. The Morgan fingerprint density at radius 1 is 1.06 bits per heavy atom. The van der Waals surface area contributed by atoms with Crippen molar-refractivity contribution in [3.05, 3.63) is 94.2 Å². The van der Waals surface area contributed by atoms with E-state index in [0.717, 1.165) is 20.9 Å². The van der Waals surface area contributed by atoms with Crippen LogP contribution >= 0.6 is 22.9 Å². The van der Waals surface area contributed by atoms with Gasteiger partial charge in [0.2, 0.25) is 5.91 Å². The number of rotatable bonds is 6. The van der Waals surface area contributed by atoms with Gasteiger partial charge in [-0.15, -0.1) is 11.3 Å². The number of pyridine rings is 1. The van der Waals surface area contributed by atoms with Gasteiger partial charge in [0, 0.05) is 18.0 Å². The number of hydrogen-bond donors (Lipinski definition) is 2. The lowest BCUT2D eigenvalue weighted by molar-refractivity contribution is -0.111. The van der Waals surface area contributed by atoms with Gasteiger partial charge in [0.25, 0.3) is 5.91 Å². The minimum absolute atomic E-state index is 0.242. The normalized spacial score (nSPS) is 11.0. The molecular weight excluding hydrogens is 432 g/mol. The number of para-hydroxylation sites is 1. The van der Waals surface area contributed by atoms with Gasteiger partial charge in [0.05, 0.1) is 33.0 Å². The third-order valence-electron chi connectivity index (χ3n) is 4.33. The molecule has 0 aliphatic carbocycles. The van der Waals surface area contributed by atoms with E-state index in [1.807, 2.05) is 42.5 Å². The van der Waals surface area contributed by atoms with Crippen molar-refractivity contribution in [1.29, 1.82) is 0 Å². The Bertz CT molecular complexity index is 1240. The van der Waals surface area contributed by atoms with Crippen molar-refractivity contribution in [2.45, 2.75) is 6.54 Å². The molecule has 0 aliphatic rings. The first-order valence-corrected chi connectivity index (χ1v) is 10.6. The van der Waals surface area contributed by atoms with Crippen LogP contribution in [0.3, 0.4) is 0 Å². The molecule has 154 valence electrons. The van der Waals surface area contributed by atoms with Gasteiger partial charge < -0.3 is 10.6 Å². The van der Waals surface area contributed by atoms with Gasteiger partial charge in [0.15, 0.2) is 0 Å². The summed E-state index contributed by atoms with van der Waals surface area (Å²) in [7, 11) is 0. The van der Waals surface area contributed by atoms with E-state index in [1.165, 1.54) is 17.4 Å². The number of thiazole rings is 1. The lowest BCUT2D eigenvalue weighted by atomic mass is 10.2. The van der Waals surface area contributed by atoms with Gasteiger partial charge in [-0.05, 0) is 48.5 Å². The molecule has 2 aromatic heterocycles. The van der Waals surface area contributed by atoms with Crippen molar-refractivity contribution in [3.63, 3.8) is 0 Å². The van der Waals surface area contributed by atoms with E-state index in [1.54, 1.807) is 30.5 Å². The van der Waals surface area contributed by atoms with Crippen LogP contribution in [0.5, 0.6) is 0 Å². The van der Waals surface area contributed by atoms with Crippen molar-refractivity contribution in [2.24, 2.45) is 0 Å². The van der Waals surface area contributed by atoms with Crippen molar-refractivity contribution in [1.82, 2.24) is 15.3 Å². The predicted octanol–water partition coefficient (Wildman–Crippen LogP) is 4.93. The van der Waals surface area contributed by atoms with Crippen molar-refractivity contribution in [2.75, 3.05) is 5.32 Å². The van der Waals surface area contributed by atoms with E-state index < -0.39 is 0 Å². The highest BCUT2D eigenvalue weighted by Crippen LogP contribution is 2.23.